The third-order valence-corrected chi connectivity index (χ3v) is 4.12. The van der Waals surface area contributed by atoms with Crippen molar-refractivity contribution in [2.24, 2.45) is 5.92 Å². The van der Waals surface area contributed by atoms with Gasteiger partial charge in [0.1, 0.15) is 0 Å². The van der Waals surface area contributed by atoms with Crippen LogP contribution in [0, 0.1) is 5.92 Å². The second kappa shape index (κ2) is 5.83. The second-order valence-corrected chi connectivity index (χ2v) is 6.25. The number of nitrogens with one attached hydrogen (secondary N) is 1. The summed E-state index contributed by atoms with van der Waals surface area (Å²) in [6, 6.07) is 5.13. The van der Waals surface area contributed by atoms with E-state index in [1.165, 1.54) is 0 Å². The molecule has 0 heterocycles. The Hall–Kier alpha value is -1.30. The number of aliphatic carboxylic acids is 1. The molecule has 21 heavy (non-hydrogen) atoms. The summed E-state index contributed by atoms with van der Waals surface area (Å²) in [5.74, 6) is -1.92. The molecule has 0 saturated heterocycles. The van der Waals surface area contributed by atoms with Crippen LogP contribution in [0.2, 0.25) is 10.0 Å². The van der Waals surface area contributed by atoms with Crippen molar-refractivity contribution in [2.75, 3.05) is 6.54 Å². The lowest BCUT2D eigenvalue weighted by Crippen LogP contribution is -2.47. The van der Waals surface area contributed by atoms with Gasteiger partial charge in [-0.15, -0.1) is 0 Å². The van der Waals surface area contributed by atoms with Crippen molar-refractivity contribution in [2.45, 2.75) is 24.9 Å². The molecule has 3 unspecified atom stereocenters. The number of carboxylic acids is 1. The Labute approximate surface area is 131 Å². The van der Waals surface area contributed by atoms with Crippen molar-refractivity contribution >= 4 is 35.1 Å². The van der Waals surface area contributed by atoms with E-state index in [1.807, 2.05) is 0 Å². The van der Waals surface area contributed by atoms with Crippen LogP contribution in [0.1, 0.15) is 24.8 Å². The van der Waals surface area contributed by atoms with E-state index in [2.05, 4.69) is 5.32 Å². The van der Waals surface area contributed by atoms with E-state index < -0.39 is 11.6 Å². The second-order valence-electron chi connectivity index (χ2n) is 5.41. The number of carboxylic acid groups (broad SMARTS) is 1. The zero-order valence-corrected chi connectivity index (χ0v) is 12.8. The number of halogens is 2. The highest BCUT2D eigenvalue weighted by molar-refractivity contribution is 6.35. The van der Waals surface area contributed by atoms with Gasteiger partial charge in [0.15, 0.2) is 5.60 Å². The fraction of sp³-hybridized carbons (Fsp3) is 0.429. The number of rotatable bonds is 5. The molecule has 0 aromatic heterocycles. The average molecular weight is 332 g/mol. The van der Waals surface area contributed by atoms with E-state index in [0.717, 1.165) is 12.5 Å². The average Bonchev–Trinajstić information content (AvgIpc) is 3.16. The highest BCUT2D eigenvalue weighted by Gasteiger charge is 2.45. The molecule has 1 saturated carbocycles. The molecule has 1 aliphatic carbocycles. The summed E-state index contributed by atoms with van der Waals surface area (Å²) in [5, 5.41) is 21.8. The molecule has 0 aliphatic heterocycles. The number of hydrogen-bond acceptors (Lipinski definition) is 3. The lowest BCUT2D eigenvalue weighted by atomic mass is 10.1. The van der Waals surface area contributed by atoms with Gasteiger partial charge in [0.2, 0.25) is 5.91 Å². The summed E-state index contributed by atoms with van der Waals surface area (Å²) in [4.78, 5) is 22.7. The first-order valence-electron chi connectivity index (χ1n) is 6.41. The van der Waals surface area contributed by atoms with Crippen LogP contribution < -0.4 is 5.32 Å². The van der Waals surface area contributed by atoms with Crippen molar-refractivity contribution in [3.05, 3.63) is 33.8 Å². The van der Waals surface area contributed by atoms with Crippen LogP contribution in [0.25, 0.3) is 0 Å². The molecule has 1 amide bonds. The summed E-state index contributed by atoms with van der Waals surface area (Å²) < 4.78 is 0. The van der Waals surface area contributed by atoms with Gasteiger partial charge in [-0.1, -0.05) is 29.3 Å². The Bertz CT molecular complexity index is 588. The van der Waals surface area contributed by atoms with Crippen LogP contribution in [0.4, 0.5) is 0 Å². The minimum Gasteiger partial charge on any atom is -0.479 e. The first kappa shape index (κ1) is 16.1. The Kier molecular flexibility index (Phi) is 4.46. The molecule has 1 aromatic rings. The van der Waals surface area contributed by atoms with Gasteiger partial charge in [0.05, 0.1) is 6.54 Å². The summed E-state index contributed by atoms with van der Waals surface area (Å²) >= 11 is 11.9. The van der Waals surface area contributed by atoms with Gasteiger partial charge < -0.3 is 15.5 Å². The molecule has 3 atom stereocenters. The Morgan fingerprint density at radius 2 is 2.10 bits per heavy atom. The lowest BCUT2D eigenvalue weighted by Gasteiger charge is -2.18. The van der Waals surface area contributed by atoms with E-state index in [0.29, 0.717) is 16.5 Å². The predicted molar refractivity (Wildman–Crippen MR) is 78.6 cm³/mol. The molecule has 114 valence electrons. The molecular weight excluding hydrogens is 317 g/mol. The first-order valence-corrected chi connectivity index (χ1v) is 7.16. The quantitative estimate of drug-likeness (QED) is 0.770. The van der Waals surface area contributed by atoms with Crippen LogP contribution >= 0.6 is 23.2 Å². The van der Waals surface area contributed by atoms with Crippen molar-refractivity contribution in [3.8, 4) is 0 Å². The Balaban J connectivity index is 1.94. The number of amides is 1. The highest BCUT2D eigenvalue weighted by Crippen LogP contribution is 2.50. The van der Waals surface area contributed by atoms with Crippen LogP contribution in [0.5, 0.6) is 0 Å². The summed E-state index contributed by atoms with van der Waals surface area (Å²) in [5.41, 5.74) is -1.12. The molecule has 1 fully saturated rings. The Morgan fingerprint density at radius 1 is 1.43 bits per heavy atom. The standard InChI is InChI=1S/C14H15Cl2NO4/c1-14(21,13(19)20)6-17-12(18)10-5-9(10)8-3-2-7(15)4-11(8)16/h2-4,9-10,21H,5-6H2,1H3,(H,17,18)(H,19,20). The van der Waals surface area contributed by atoms with Crippen LogP contribution in [0.3, 0.4) is 0 Å². The molecule has 1 aliphatic rings. The highest BCUT2D eigenvalue weighted by atomic mass is 35.5. The molecule has 3 N–H and O–H groups in total. The van der Waals surface area contributed by atoms with E-state index in [9.17, 15) is 14.7 Å². The van der Waals surface area contributed by atoms with Crippen LogP contribution in [-0.4, -0.2) is 34.2 Å². The SMILES string of the molecule is CC(O)(CNC(=O)C1CC1c1ccc(Cl)cc1Cl)C(=O)O. The van der Waals surface area contributed by atoms with Gasteiger partial charge in [0.25, 0.3) is 0 Å². The summed E-state index contributed by atoms with van der Waals surface area (Å²) in [6.45, 7) is 0.800. The third kappa shape index (κ3) is 3.67. The van der Waals surface area contributed by atoms with E-state index in [1.54, 1.807) is 18.2 Å². The number of hydrogen-bond donors (Lipinski definition) is 3. The summed E-state index contributed by atoms with van der Waals surface area (Å²) in [7, 11) is 0. The number of benzene rings is 1. The van der Waals surface area contributed by atoms with Crippen LogP contribution in [-0.2, 0) is 9.59 Å². The Morgan fingerprint density at radius 3 is 2.67 bits per heavy atom. The molecule has 7 heteroatoms. The fourth-order valence-electron chi connectivity index (χ4n) is 2.10. The largest absolute Gasteiger partial charge is 0.479 e. The maximum absolute atomic E-state index is 12.0. The van der Waals surface area contributed by atoms with Gasteiger partial charge in [-0.25, -0.2) is 4.79 Å². The molecular formula is C14H15Cl2NO4. The smallest absolute Gasteiger partial charge is 0.337 e. The number of aliphatic hydroxyl groups is 1. The topological polar surface area (TPSA) is 86.6 Å². The zero-order chi connectivity index (χ0) is 15.8. The van der Waals surface area contributed by atoms with Crippen LogP contribution in [0.15, 0.2) is 18.2 Å². The molecule has 5 nitrogen and oxygen atoms in total. The van der Waals surface area contributed by atoms with Gasteiger partial charge in [-0.3, -0.25) is 4.79 Å². The van der Waals surface area contributed by atoms with Gasteiger partial charge in [-0.05, 0) is 37.0 Å². The number of carbonyl (C=O) groups excluding carboxylic acids is 1. The van der Waals surface area contributed by atoms with Gasteiger partial charge in [-0.2, -0.15) is 0 Å². The molecule has 1 aromatic carbocycles. The minimum absolute atomic E-state index is 0.00421. The van der Waals surface area contributed by atoms with Crippen molar-refractivity contribution < 1.29 is 19.8 Å². The maximum atomic E-state index is 12.0. The summed E-state index contributed by atoms with van der Waals surface area (Å²) in [6.07, 6.45) is 0.641. The van der Waals surface area contributed by atoms with Crippen molar-refractivity contribution in [1.29, 1.82) is 0 Å². The van der Waals surface area contributed by atoms with E-state index >= 15 is 0 Å². The fourth-order valence-corrected chi connectivity index (χ4v) is 2.65. The molecule has 0 bridgehead atoms. The van der Waals surface area contributed by atoms with Crippen molar-refractivity contribution in [1.82, 2.24) is 5.32 Å². The van der Waals surface area contributed by atoms with Crippen molar-refractivity contribution in [3.63, 3.8) is 0 Å². The van der Waals surface area contributed by atoms with E-state index in [-0.39, 0.29) is 24.3 Å². The van der Waals surface area contributed by atoms with Gasteiger partial charge >= 0.3 is 5.97 Å². The molecule has 0 spiro atoms. The van der Waals surface area contributed by atoms with Gasteiger partial charge in [0, 0.05) is 16.0 Å². The lowest BCUT2D eigenvalue weighted by molar-refractivity contribution is -0.156. The number of carbonyl (C=O) groups is 2. The first-order chi connectivity index (χ1) is 9.72. The molecule has 2 rings (SSSR count). The maximum Gasteiger partial charge on any atom is 0.337 e. The minimum atomic E-state index is -1.97. The predicted octanol–water partition coefficient (Wildman–Crippen LogP) is 2.05. The zero-order valence-electron chi connectivity index (χ0n) is 11.3. The third-order valence-electron chi connectivity index (χ3n) is 3.56. The monoisotopic (exact) mass is 331 g/mol. The van der Waals surface area contributed by atoms with E-state index in [4.69, 9.17) is 28.3 Å². The molecule has 0 radical (unpaired) electrons. The normalized spacial score (nSPS) is 23.2.